The Bertz CT molecular complexity index is 1180. The molecule has 0 amide bonds. The van der Waals surface area contributed by atoms with E-state index in [1.54, 1.807) is 42.9 Å². The second-order valence-corrected chi connectivity index (χ2v) is 15.3. The van der Waals surface area contributed by atoms with Gasteiger partial charge in [0.15, 0.2) is 11.6 Å². The Kier molecular flexibility index (Phi) is 5.18. The number of hydrogen-bond acceptors (Lipinski definition) is 4. The predicted octanol–water partition coefficient (Wildman–Crippen LogP) is 4.52. The van der Waals surface area contributed by atoms with E-state index >= 15 is 0 Å². The average molecular weight is 423 g/mol. The highest BCUT2D eigenvalue weighted by molar-refractivity contribution is 7.26. The van der Waals surface area contributed by atoms with Crippen LogP contribution in [0.25, 0.3) is 11.1 Å². The molecule has 0 saturated carbocycles. The molecule has 2 aromatic heterocycles. The van der Waals surface area contributed by atoms with Crippen LogP contribution in [-0.2, 0) is 16.6 Å². The number of rotatable bonds is 3. The number of nitriles is 1. The van der Waals surface area contributed by atoms with Crippen molar-refractivity contribution in [1.29, 1.82) is 5.26 Å². The summed E-state index contributed by atoms with van der Waals surface area (Å²) in [5.41, 5.74) is 4.69. The van der Waals surface area contributed by atoms with Gasteiger partial charge in [-0.2, -0.15) is 5.26 Å². The van der Waals surface area contributed by atoms with E-state index in [2.05, 4.69) is 31.8 Å². The summed E-state index contributed by atoms with van der Waals surface area (Å²) in [6.45, 7) is 14.2. The first-order chi connectivity index (χ1) is 13.4. The third-order valence-electron chi connectivity index (χ3n) is 5.79. The molecule has 0 radical (unpaired) electrons. The van der Waals surface area contributed by atoms with Crippen LogP contribution in [0.15, 0.2) is 23.3 Å². The molecule has 0 unspecified atom stereocenters. The maximum atomic E-state index is 13.4. The molecule has 2 heterocycles. The number of nitrogens with zero attached hydrogens (tertiary/aromatic N) is 2. The van der Waals surface area contributed by atoms with Crippen molar-refractivity contribution in [2.75, 3.05) is 0 Å². The minimum absolute atomic E-state index is 0.0955. The molecule has 1 aliphatic carbocycles. The Morgan fingerprint density at radius 1 is 0.931 bits per heavy atom. The zero-order chi connectivity index (χ0) is 21.8. The summed E-state index contributed by atoms with van der Waals surface area (Å²) in [7, 11) is 0.246. The van der Waals surface area contributed by atoms with Crippen molar-refractivity contribution in [2.45, 2.75) is 47.3 Å². The van der Waals surface area contributed by atoms with Crippen LogP contribution in [-0.4, -0.2) is 24.2 Å². The van der Waals surface area contributed by atoms with Gasteiger partial charge in [0.2, 0.25) is 0 Å². The first-order valence-corrected chi connectivity index (χ1v) is 13.9. The van der Waals surface area contributed by atoms with Crippen molar-refractivity contribution in [3.63, 3.8) is 0 Å². The van der Waals surface area contributed by atoms with Crippen molar-refractivity contribution >= 4 is 46.6 Å². The maximum absolute atomic E-state index is 13.4. The van der Waals surface area contributed by atoms with E-state index in [1.165, 1.54) is 4.50 Å². The van der Waals surface area contributed by atoms with E-state index in [4.69, 9.17) is 0 Å². The molecule has 0 spiro atoms. The topological polar surface area (TPSA) is 62.9 Å². The number of carbonyl (C=O) groups excluding carboxylic acids is 2. The maximum Gasteiger partial charge on any atom is 0.190 e. The van der Waals surface area contributed by atoms with E-state index in [1.807, 2.05) is 13.8 Å². The number of allylic oxidation sites excluding steroid dienone is 4. The van der Waals surface area contributed by atoms with Crippen molar-refractivity contribution in [1.82, 2.24) is 4.57 Å². The van der Waals surface area contributed by atoms with Crippen LogP contribution in [0.1, 0.15) is 41.2 Å². The number of aromatic nitrogens is 1. The molecule has 1 aliphatic rings. The van der Waals surface area contributed by atoms with Gasteiger partial charge in [-0.1, -0.05) is 19.6 Å². The molecule has 4 nitrogen and oxygen atoms in total. The van der Waals surface area contributed by atoms with Gasteiger partial charge in [-0.05, 0) is 49.9 Å². The summed E-state index contributed by atoms with van der Waals surface area (Å²) >= 11 is 1.72. The SMILES string of the molecule is CC1=C(C)C(=O)C(c2cc(C#N)n(C)c2C)=C(c2cc([Si](C)(C)C)sc2C)C1=O. The van der Waals surface area contributed by atoms with Gasteiger partial charge < -0.3 is 4.57 Å². The van der Waals surface area contributed by atoms with Crippen LogP contribution < -0.4 is 4.50 Å². The number of thiophene rings is 1. The fraction of sp³-hybridized carbons (Fsp3) is 0.348. The number of carbonyl (C=O) groups is 2. The second-order valence-electron chi connectivity index (χ2n) is 8.69. The highest BCUT2D eigenvalue weighted by Crippen LogP contribution is 2.40. The van der Waals surface area contributed by atoms with Gasteiger partial charge in [-0.3, -0.25) is 9.59 Å². The lowest BCUT2D eigenvalue weighted by molar-refractivity contribution is -0.113. The zero-order valence-electron chi connectivity index (χ0n) is 18.3. The van der Waals surface area contributed by atoms with Gasteiger partial charge in [0.05, 0.1) is 8.07 Å². The summed E-state index contributed by atoms with van der Waals surface area (Å²) in [6.07, 6.45) is 0. The molecule has 0 aliphatic heterocycles. The monoisotopic (exact) mass is 422 g/mol. The normalized spacial score (nSPS) is 15.4. The van der Waals surface area contributed by atoms with Crippen LogP contribution in [0.2, 0.25) is 19.6 Å². The van der Waals surface area contributed by atoms with Crippen LogP contribution >= 0.6 is 11.3 Å². The number of Topliss-reactive ketones (excluding diaryl/α,β-unsaturated/α-hetero) is 2. The molecule has 0 fully saturated rings. The molecule has 29 heavy (non-hydrogen) atoms. The number of aryl methyl sites for hydroxylation is 1. The predicted molar refractivity (Wildman–Crippen MR) is 122 cm³/mol. The molecule has 3 rings (SSSR count). The van der Waals surface area contributed by atoms with E-state index in [0.29, 0.717) is 33.5 Å². The van der Waals surface area contributed by atoms with Gasteiger partial charge in [-0.25, -0.2) is 0 Å². The molecule has 2 aromatic rings. The van der Waals surface area contributed by atoms with Gasteiger partial charge in [0.25, 0.3) is 0 Å². The highest BCUT2D eigenvalue weighted by Gasteiger charge is 2.35. The second kappa shape index (κ2) is 7.08. The standard InChI is InChI=1S/C23H26N2O2SSi/c1-12-13(2)23(27)21(18-10-19(28-15(18)4)29(6,7)8)20(22(12)26)17-9-16(11-24)25(5)14(17)3/h9-10H,1-8H3. The summed E-state index contributed by atoms with van der Waals surface area (Å²) in [5.74, 6) is -0.225. The summed E-state index contributed by atoms with van der Waals surface area (Å²) < 4.78 is 3.08. The Hall–Kier alpha value is -2.49. The molecular weight excluding hydrogens is 396 g/mol. The van der Waals surface area contributed by atoms with Crippen molar-refractivity contribution in [2.24, 2.45) is 7.05 Å². The molecule has 0 atom stereocenters. The van der Waals surface area contributed by atoms with Crippen molar-refractivity contribution in [3.05, 3.63) is 50.7 Å². The minimum atomic E-state index is -1.56. The van der Waals surface area contributed by atoms with Gasteiger partial charge >= 0.3 is 0 Å². The van der Waals surface area contributed by atoms with Crippen LogP contribution in [0, 0.1) is 25.2 Å². The fourth-order valence-corrected chi connectivity index (χ4v) is 6.66. The van der Waals surface area contributed by atoms with Crippen molar-refractivity contribution in [3.8, 4) is 6.07 Å². The Labute approximate surface area is 177 Å². The highest BCUT2D eigenvalue weighted by atomic mass is 32.1. The largest absolute Gasteiger partial charge is 0.339 e. The van der Waals surface area contributed by atoms with E-state index < -0.39 is 8.07 Å². The molecule has 0 aromatic carbocycles. The minimum Gasteiger partial charge on any atom is -0.339 e. The zero-order valence-corrected chi connectivity index (χ0v) is 20.1. The quantitative estimate of drug-likeness (QED) is 0.540. The van der Waals surface area contributed by atoms with E-state index in [9.17, 15) is 14.9 Å². The van der Waals surface area contributed by atoms with Crippen LogP contribution in [0.5, 0.6) is 0 Å². The lowest BCUT2D eigenvalue weighted by atomic mass is 9.79. The lowest BCUT2D eigenvalue weighted by Gasteiger charge is -2.21. The Morgan fingerprint density at radius 2 is 1.45 bits per heavy atom. The summed E-state index contributed by atoms with van der Waals surface area (Å²) in [6, 6.07) is 6.01. The first kappa shape index (κ1) is 21.2. The van der Waals surface area contributed by atoms with E-state index in [0.717, 1.165) is 16.1 Å². The Morgan fingerprint density at radius 3 is 1.86 bits per heavy atom. The van der Waals surface area contributed by atoms with Crippen LogP contribution in [0.4, 0.5) is 0 Å². The Balaban J connectivity index is 2.41. The third-order valence-corrected chi connectivity index (χ3v) is 10.4. The summed E-state index contributed by atoms with van der Waals surface area (Å²) in [5, 5.41) is 9.44. The molecular formula is C23H26N2O2SSi. The smallest absolute Gasteiger partial charge is 0.190 e. The van der Waals surface area contributed by atoms with Crippen LogP contribution in [0.3, 0.4) is 0 Å². The fourth-order valence-electron chi connectivity index (χ4n) is 3.62. The lowest BCUT2D eigenvalue weighted by Crippen LogP contribution is -2.35. The molecule has 150 valence electrons. The van der Waals surface area contributed by atoms with Gasteiger partial charge in [-0.15, -0.1) is 11.3 Å². The average Bonchev–Trinajstić information content (AvgIpc) is 3.17. The first-order valence-electron chi connectivity index (χ1n) is 9.59. The number of hydrogen-bond donors (Lipinski definition) is 0. The van der Waals surface area contributed by atoms with E-state index in [-0.39, 0.29) is 11.6 Å². The molecule has 0 bridgehead atoms. The summed E-state index contributed by atoms with van der Waals surface area (Å²) in [4.78, 5) is 27.9. The van der Waals surface area contributed by atoms with Gasteiger partial charge in [0.1, 0.15) is 11.8 Å². The molecule has 6 heteroatoms. The molecule has 0 saturated heterocycles. The van der Waals surface area contributed by atoms with Gasteiger partial charge in [0, 0.05) is 45.5 Å². The third kappa shape index (κ3) is 3.28. The number of ketones is 2. The van der Waals surface area contributed by atoms with Crippen molar-refractivity contribution < 1.29 is 9.59 Å². The molecule has 0 N–H and O–H groups in total.